The molecule has 0 amide bonds. The Bertz CT molecular complexity index is 343. The standard InChI is InChI=1S/C13H19NO2S/c1-3-17-10-9-14(11(2)13(15)16)12-7-5-4-6-8-12/h4-8,11H,3,9-10H2,1-2H3,(H,15,16). The van der Waals surface area contributed by atoms with E-state index in [2.05, 4.69) is 6.92 Å². The summed E-state index contributed by atoms with van der Waals surface area (Å²) in [5.74, 6) is 1.22. The molecule has 0 aliphatic rings. The predicted octanol–water partition coefficient (Wildman–Crippen LogP) is 2.72. The van der Waals surface area contributed by atoms with Crippen molar-refractivity contribution in [2.75, 3.05) is 23.0 Å². The SMILES string of the molecule is CCSCCN(c1ccccc1)C(C)C(=O)O. The van der Waals surface area contributed by atoms with Crippen molar-refractivity contribution in [1.82, 2.24) is 0 Å². The predicted molar refractivity (Wildman–Crippen MR) is 73.9 cm³/mol. The zero-order valence-corrected chi connectivity index (χ0v) is 11.1. The molecule has 0 fully saturated rings. The zero-order chi connectivity index (χ0) is 12.7. The first kappa shape index (κ1) is 13.9. The van der Waals surface area contributed by atoms with Gasteiger partial charge in [-0.05, 0) is 24.8 Å². The molecule has 0 aliphatic heterocycles. The number of para-hydroxylation sites is 1. The van der Waals surface area contributed by atoms with Crippen LogP contribution in [-0.2, 0) is 4.79 Å². The fourth-order valence-corrected chi connectivity index (χ4v) is 2.22. The Balaban J connectivity index is 2.75. The number of carbonyl (C=O) groups is 1. The highest BCUT2D eigenvalue weighted by molar-refractivity contribution is 7.99. The average Bonchev–Trinajstić information content (AvgIpc) is 2.35. The molecule has 0 saturated carbocycles. The van der Waals surface area contributed by atoms with E-state index in [0.29, 0.717) is 0 Å². The minimum absolute atomic E-state index is 0.491. The maximum atomic E-state index is 11.1. The molecule has 94 valence electrons. The van der Waals surface area contributed by atoms with Crippen molar-refractivity contribution in [3.8, 4) is 0 Å². The number of carboxylic acid groups (broad SMARTS) is 1. The van der Waals surface area contributed by atoms with Gasteiger partial charge in [-0.25, -0.2) is 4.79 Å². The van der Waals surface area contributed by atoms with Crippen LogP contribution in [0, 0.1) is 0 Å². The first-order valence-corrected chi connectivity index (χ1v) is 6.94. The molecule has 0 heterocycles. The molecule has 3 nitrogen and oxygen atoms in total. The van der Waals surface area contributed by atoms with E-state index in [0.717, 1.165) is 23.7 Å². The van der Waals surface area contributed by atoms with E-state index in [1.807, 2.05) is 47.0 Å². The smallest absolute Gasteiger partial charge is 0.326 e. The third-order valence-corrected chi connectivity index (χ3v) is 3.47. The van der Waals surface area contributed by atoms with Gasteiger partial charge in [-0.1, -0.05) is 25.1 Å². The summed E-state index contributed by atoms with van der Waals surface area (Å²) in [6, 6.07) is 9.23. The number of hydrogen-bond donors (Lipinski definition) is 1. The van der Waals surface area contributed by atoms with Crippen LogP contribution in [-0.4, -0.2) is 35.2 Å². The lowest BCUT2D eigenvalue weighted by atomic mass is 10.2. The second kappa shape index (κ2) is 7.22. The lowest BCUT2D eigenvalue weighted by Gasteiger charge is -2.28. The topological polar surface area (TPSA) is 40.5 Å². The number of rotatable bonds is 7. The molecule has 1 N–H and O–H groups in total. The van der Waals surface area contributed by atoms with Gasteiger partial charge in [0.05, 0.1) is 0 Å². The van der Waals surface area contributed by atoms with Crippen molar-refractivity contribution in [2.24, 2.45) is 0 Å². The lowest BCUT2D eigenvalue weighted by Crippen LogP contribution is -2.40. The van der Waals surface area contributed by atoms with Crippen LogP contribution in [0.5, 0.6) is 0 Å². The molecular formula is C13H19NO2S. The van der Waals surface area contributed by atoms with Gasteiger partial charge in [0.1, 0.15) is 6.04 Å². The third-order valence-electron chi connectivity index (χ3n) is 2.59. The van der Waals surface area contributed by atoms with Gasteiger partial charge in [0, 0.05) is 18.0 Å². The van der Waals surface area contributed by atoms with Crippen molar-refractivity contribution in [3.05, 3.63) is 30.3 Å². The Labute approximate surface area is 107 Å². The molecule has 0 aromatic heterocycles. The minimum Gasteiger partial charge on any atom is -0.480 e. The summed E-state index contributed by atoms with van der Waals surface area (Å²) in [7, 11) is 0. The largest absolute Gasteiger partial charge is 0.480 e. The molecular weight excluding hydrogens is 234 g/mol. The van der Waals surface area contributed by atoms with Crippen molar-refractivity contribution < 1.29 is 9.90 Å². The third kappa shape index (κ3) is 4.30. The number of anilines is 1. The fourth-order valence-electron chi connectivity index (χ4n) is 1.61. The van der Waals surface area contributed by atoms with E-state index >= 15 is 0 Å². The lowest BCUT2D eigenvalue weighted by molar-refractivity contribution is -0.138. The summed E-state index contributed by atoms with van der Waals surface area (Å²) < 4.78 is 0. The van der Waals surface area contributed by atoms with Gasteiger partial charge < -0.3 is 10.0 Å². The number of hydrogen-bond acceptors (Lipinski definition) is 3. The van der Waals surface area contributed by atoms with Crippen LogP contribution in [0.1, 0.15) is 13.8 Å². The van der Waals surface area contributed by atoms with Gasteiger partial charge in [-0.2, -0.15) is 11.8 Å². The number of thioether (sulfide) groups is 1. The summed E-state index contributed by atoms with van der Waals surface area (Å²) in [5.41, 5.74) is 0.971. The minimum atomic E-state index is -0.782. The maximum absolute atomic E-state index is 11.1. The van der Waals surface area contributed by atoms with Gasteiger partial charge in [-0.15, -0.1) is 0 Å². The van der Waals surface area contributed by atoms with E-state index in [1.165, 1.54) is 0 Å². The molecule has 0 saturated heterocycles. The maximum Gasteiger partial charge on any atom is 0.326 e. The fraction of sp³-hybridized carbons (Fsp3) is 0.462. The molecule has 0 bridgehead atoms. The van der Waals surface area contributed by atoms with Crippen LogP contribution in [0.2, 0.25) is 0 Å². The summed E-state index contributed by atoms with van der Waals surface area (Å²) in [6.07, 6.45) is 0. The molecule has 17 heavy (non-hydrogen) atoms. The number of nitrogens with zero attached hydrogens (tertiary/aromatic N) is 1. The molecule has 1 rings (SSSR count). The zero-order valence-electron chi connectivity index (χ0n) is 10.3. The molecule has 1 unspecified atom stereocenters. The quantitative estimate of drug-likeness (QED) is 0.759. The van der Waals surface area contributed by atoms with Crippen LogP contribution < -0.4 is 4.90 Å². The molecule has 0 radical (unpaired) electrons. The Morgan fingerprint density at radius 3 is 2.59 bits per heavy atom. The van der Waals surface area contributed by atoms with Crippen LogP contribution >= 0.6 is 11.8 Å². The number of carboxylic acids is 1. The highest BCUT2D eigenvalue weighted by Crippen LogP contribution is 2.17. The van der Waals surface area contributed by atoms with Crippen molar-refractivity contribution in [3.63, 3.8) is 0 Å². The summed E-state index contributed by atoms with van der Waals surface area (Å²) in [4.78, 5) is 13.0. The first-order chi connectivity index (χ1) is 8.16. The Kier molecular flexibility index (Phi) is 5.91. The molecule has 4 heteroatoms. The second-order valence-corrected chi connectivity index (χ2v) is 5.13. The molecule has 1 atom stereocenters. The Morgan fingerprint density at radius 2 is 2.06 bits per heavy atom. The van der Waals surface area contributed by atoms with Crippen LogP contribution in [0.15, 0.2) is 30.3 Å². The van der Waals surface area contributed by atoms with Crippen LogP contribution in [0.4, 0.5) is 5.69 Å². The summed E-state index contributed by atoms with van der Waals surface area (Å²) in [5, 5.41) is 9.12. The highest BCUT2D eigenvalue weighted by atomic mass is 32.2. The van der Waals surface area contributed by atoms with Crippen molar-refractivity contribution in [1.29, 1.82) is 0 Å². The molecule has 0 spiro atoms. The highest BCUT2D eigenvalue weighted by Gasteiger charge is 2.20. The van der Waals surface area contributed by atoms with E-state index in [9.17, 15) is 4.79 Å². The number of aliphatic carboxylic acids is 1. The van der Waals surface area contributed by atoms with Gasteiger partial charge in [0.25, 0.3) is 0 Å². The summed E-state index contributed by atoms with van der Waals surface area (Å²) in [6.45, 7) is 4.60. The second-order valence-electron chi connectivity index (χ2n) is 3.74. The van der Waals surface area contributed by atoms with E-state index in [1.54, 1.807) is 6.92 Å². The number of benzene rings is 1. The normalized spacial score (nSPS) is 12.1. The van der Waals surface area contributed by atoms with E-state index < -0.39 is 12.0 Å². The molecule has 1 aromatic rings. The molecule has 1 aromatic carbocycles. The van der Waals surface area contributed by atoms with E-state index in [4.69, 9.17) is 5.11 Å². The van der Waals surface area contributed by atoms with Gasteiger partial charge >= 0.3 is 5.97 Å². The van der Waals surface area contributed by atoms with Crippen molar-refractivity contribution in [2.45, 2.75) is 19.9 Å². The van der Waals surface area contributed by atoms with Crippen LogP contribution in [0.25, 0.3) is 0 Å². The monoisotopic (exact) mass is 253 g/mol. The first-order valence-electron chi connectivity index (χ1n) is 5.79. The molecule has 0 aliphatic carbocycles. The Morgan fingerprint density at radius 1 is 1.41 bits per heavy atom. The van der Waals surface area contributed by atoms with E-state index in [-0.39, 0.29) is 0 Å². The Hall–Kier alpha value is -1.16. The van der Waals surface area contributed by atoms with Crippen molar-refractivity contribution >= 4 is 23.4 Å². The van der Waals surface area contributed by atoms with Gasteiger partial charge in [0.2, 0.25) is 0 Å². The van der Waals surface area contributed by atoms with Crippen LogP contribution in [0.3, 0.4) is 0 Å². The summed E-state index contributed by atoms with van der Waals surface area (Å²) >= 11 is 1.83. The van der Waals surface area contributed by atoms with Gasteiger partial charge in [0.15, 0.2) is 0 Å². The average molecular weight is 253 g/mol. The van der Waals surface area contributed by atoms with Gasteiger partial charge in [-0.3, -0.25) is 0 Å².